The number of carbonyl (C=O) groups is 3. The summed E-state index contributed by atoms with van der Waals surface area (Å²) in [6.07, 6.45) is 2.42. The van der Waals surface area contributed by atoms with Crippen molar-refractivity contribution in [3.05, 3.63) is 48.0 Å². The molecule has 30 heavy (non-hydrogen) atoms. The van der Waals surface area contributed by atoms with Gasteiger partial charge in [0.15, 0.2) is 0 Å². The van der Waals surface area contributed by atoms with Gasteiger partial charge in [-0.15, -0.1) is 0 Å². The van der Waals surface area contributed by atoms with Crippen LogP contribution in [0.15, 0.2) is 42.5 Å². The lowest BCUT2D eigenvalue weighted by atomic mass is 9.91. The number of hydrogen-bond acceptors (Lipinski definition) is 4. The number of nitrogens with zero attached hydrogens (tertiary/aromatic N) is 1. The molecule has 0 bridgehead atoms. The number of fused-ring (bicyclic) bond motifs is 1. The number of nitrogens with one attached hydrogen (secondary N) is 1. The Kier molecular flexibility index (Phi) is 6.75. The Balaban J connectivity index is 1.64. The van der Waals surface area contributed by atoms with Crippen molar-refractivity contribution in [2.45, 2.75) is 45.1 Å². The highest BCUT2D eigenvalue weighted by atomic mass is 16.5. The van der Waals surface area contributed by atoms with E-state index in [1.807, 2.05) is 54.3 Å². The summed E-state index contributed by atoms with van der Waals surface area (Å²) in [7, 11) is 1.33. The largest absolute Gasteiger partial charge is 0.467 e. The third-order valence-corrected chi connectivity index (χ3v) is 5.96. The molecule has 0 spiro atoms. The molecule has 0 saturated carbocycles. The van der Waals surface area contributed by atoms with Crippen molar-refractivity contribution in [2.24, 2.45) is 5.92 Å². The Labute approximate surface area is 177 Å². The van der Waals surface area contributed by atoms with Crippen LogP contribution in [0.3, 0.4) is 0 Å². The highest BCUT2D eigenvalue weighted by Gasteiger charge is 2.38. The summed E-state index contributed by atoms with van der Waals surface area (Å²) in [5.74, 6) is -0.798. The van der Waals surface area contributed by atoms with Crippen molar-refractivity contribution in [1.82, 2.24) is 10.2 Å². The minimum Gasteiger partial charge on any atom is -0.467 e. The third kappa shape index (κ3) is 4.48. The summed E-state index contributed by atoms with van der Waals surface area (Å²) in [4.78, 5) is 39.9. The quantitative estimate of drug-likeness (QED) is 0.739. The fraction of sp³-hybridized carbons (Fsp3) is 0.458. The number of carbonyl (C=O) groups excluding carboxylic acids is 3. The number of esters is 1. The molecule has 160 valence electrons. The first kappa shape index (κ1) is 21.8. The Morgan fingerprint density at radius 2 is 1.77 bits per heavy atom. The van der Waals surface area contributed by atoms with Crippen LogP contribution < -0.4 is 5.32 Å². The van der Waals surface area contributed by atoms with Crippen LogP contribution in [0, 0.1) is 5.92 Å². The maximum Gasteiger partial charge on any atom is 0.331 e. The smallest absolute Gasteiger partial charge is 0.331 e. The van der Waals surface area contributed by atoms with Gasteiger partial charge in [-0.1, -0.05) is 49.7 Å². The SMILES string of the molecule is CCCC(C)(NC(=O)C1CCN(C(=O)c2cccc3ccccc23)CC1)C(=O)OC. The second-order valence-corrected chi connectivity index (χ2v) is 8.16. The van der Waals surface area contributed by atoms with Crippen LogP contribution in [0.1, 0.15) is 49.9 Å². The van der Waals surface area contributed by atoms with Crippen LogP contribution in [-0.4, -0.2) is 48.4 Å². The molecule has 0 aliphatic carbocycles. The van der Waals surface area contributed by atoms with Crippen molar-refractivity contribution in [3.8, 4) is 0 Å². The second kappa shape index (κ2) is 9.28. The molecule has 2 aromatic rings. The molecule has 0 radical (unpaired) electrons. The predicted molar refractivity (Wildman–Crippen MR) is 116 cm³/mol. The molecule has 1 saturated heterocycles. The molecule has 6 heteroatoms. The van der Waals surface area contributed by atoms with Gasteiger partial charge in [-0.05, 0) is 43.0 Å². The summed E-state index contributed by atoms with van der Waals surface area (Å²) in [5, 5.41) is 4.88. The molecule has 6 nitrogen and oxygen atoms in total. The van der Waals surface area contributed by atoms with E-state index in [4.69, 9.17) is 4.74 Å². The molecular weight excluding hydrogens is 380 g/mol. The summed E-state index contributed by atoms with van der Waals surface area (Å²) in [5.41, 5.74) is -0.326. The normalized spacial score (nSPS) is 16.7. The number of benzene rings is 2. The van der Waals surface area contributed by atoms with Crippen LogP contribution in [0.25, 0.3) is 10.8 Å². The van der Waals surface area contributed by atoms with E-state index < -0.39 is 11.5 Å². The van der Waals surface area contributed by atoms with Crippen molar-refractivity contribution in [1.29, 1.82) is 0 Å². The summed E-state index contributed by atoms with van der Waals surface area (Å²) in [6, 6.07) is 13.6. The van der Waals surface area contributed by atoms with Crippen molar-refractivity contribution >= 4 is 28.6 Å². The van der Waals surface area contributed by atoms with Gasteiger partial charge in [0.25, 0.3) is 5.91 Å². The van der Waals surface area contributed by atoms with Gasteiger partial charge < -0.3 is 15.0 Å². The summed E-state index contributed by atoms with van der Waals surface area (Å²) in [6.45, 7) is 4.70. The monoisotopic (exact) mass is 410 g/mol. The lowest BCUT2D eigenvalue weighted by molar-refractivity contribution is -0.151. The highest BCUT2D eigenvalue weighted by Crippen LogP contribution is 2.25. The number of ether oxygens (including phenoxy) is 1. The summed E-state index contributed by atoms with van der Waals surface area (Å²) < 4.78 is 4.88. The fourth-order valence-electron chi connectivity index (χ4n) is 4.24. The van der Waals surface area contributed by atoms with Crippen LogP contribution in [-0.2, 0) is 14.3 Å². The molecule has 1 heterocycles. The Morgan fingerprint density at radius 1 is 1.10 bits per heavy atom. The fourth-order valence-corrected chi connectivity index (χ4v) is 4.24. The van der Waals surface area contributed by atoms with E-state index in [-0.39, 0.29) is 17.7 Å². The van der Waals surface area contributed by atoms with Crippen molar-refractivity contribution in [2.75, 3.05) is 20.2 Å². The van der Waals surface area contributed by atoms with E-state index in [0.717, 1.165) is 17.2 Å². The number of rotatable bonds is 6. The maximum atomic E-state index is 13.1. The second-order valence-electron chi connectivity index (χ2n) is 8.16. The molecular formula is C24H30N2O4. The van der Waals surface area contributed by atoms with E-state index in [2.05, 4.69) is 5.32 Å². The van der Waals surface area contributed by atoms with Gasteiger partial charge in [0.05, 0.1) is 7.11 Å². The van der Waals surface area contributed by atoms with E-state index in [9.17, 15) is 14.4 Å². The number of amides is 2. The molecule has 1 unspecified atom stereocenters. The first-order valence-electron chi connectivity index (χ1n) is 10.6. The van der Waals surface area contributed by atoms with Crippen LogP contribution in [0.5, 0.6) is 0 Å². The standard InChI is InChI=1S/C24H30N2O4/c1-4-14-24(2,23(29)30-3)25-21(27)18-12-15-26(16-13-18)22(28)20-11-7-9-17-8-5-6-10-19(17)20/h5-11,18H,4,12-16H2,1-3H3,(H,25,27). The number of likely N-dealkylation sites (tertiary alicyclic amines) is 1. The van der Waals surface area contributed by atoms with Gasteiger partial charge in [-0.25, -0.2) is 4.79 Å². The molecule has 2 aromatic carbocycles. The minimum absolute atomic E-state index is 0.00367. The van der Waals surface area contributed by atoms with Gasteiger partial charge in [0.2, 0.25) is 5.91 Å². The minimum atomic E-state index is -1.02. The third-order valence-electron chi connectivity index (χ3n) is 5.96. The number of methoxy groups -OCH3 is 1. The molecule has 1 aliphatic heterocycles. The van der Waals surface area contributed by atoms with Crippen LogP contribution in [0.2, 0.25) is 0 Å². The van der Waals surface area contributed by atoms with Gasteiger partial charge in [0.1, 0.15) is 5.54 Å². The highest BCUT2D eigenvalue weighted by molar-refractivity contribution is 6.07. The van der Waals surface area contributed by atoms with Crippen molar-refractivity contribution < 1.29 is 19.1 Å². The van der Waals surface area contributed by atoms with E-state index >= 15 is 0 Å². The van der Waals surface area contributed by atoms with Crippen LogP contribution >= 0.6 is 0 Å². The first-order valence-corrected chi connectivity index (χ1v) is 10.6. The molecule has 0 aromatic heterocycles. The van der Waals surface area contributed by atoms with Gasteiger partial charge >= 0.3 is 5.97 Å². The number of piperidine rings is 1. The molecule has 1 fully saturated rings. The molecule has 1 atom stereocenters. The maximum absolute atomic E-state index is 13.1. The molecule has 2 amide bonds. The van der Waals surface area contributed by atoms with Gasteiger partial charge in [-0.3, -0.25) is 9.59 Å². The zero-order chi connectivity index (χ0) is 21.7. The Hall–Kier alpha value is -2.89. The molecule has 1 aliphatic rings. The first-order chi connectivity index (χ1) is 14.4. The Morgan fingerprint density at radius 3 is 2.43 bits per heavy atom. The van der Waals surface area contributed by atoms with E-state index in [0.29, 0.717) is 37.9 Å². The topological polar surface area (TPSA) is 75.7 Å². The zero-order valence-electron chi connectivity index (χ0n) is 17.9. The molecule has 3 rings (SSSR count). The van der Waals surface area contributed by atoms with Gasteiger partial charge in [0, 0.05) is 24.6 Å². The zero-order valence-corrected chi connectivity index (χ0v) is 17.9. The average molecular weight is 411 g/mol. The summed E-state index contributed by atoms with van der Waals surface area (Å²) >= 11 is 0. The van der Waals surface area contributed by atoms with Crippen LogP contribution in [0.4, 0.5) is 0 Å². The van der Waals surface area contributed by atoms with E-state index in [1.165, 1.54) is 7.11 Å². The van der Waals surface area contributed by atoms with Crippen molar-refractivity contribution in [3.63, 3.8) is 0 Å². The lowest BCUT2D eigenvalue weighted by Crippen LogP contribution is -2.55. The average Bonchev–Trinajstić information content (AvgIpc) is 2.77. The molecule has 1 N–H and O–H groups in total. The number of hydrogen-bond donors (Lipinski definition) is 1. The lowest BCUT2D eigenvalue weighted by Gasteiger charge is -2.34. The predicted octanol–water partition coefficient (Wildman–Crippen LogP) is 3.54. The van der Waals surface area contributed by atoms with Gasteiger partial charge in [-0.2, -0.15) is 0 Å². The van der Waals surface area contributed by atoms with E-state index in [1.54, 1.807) is 6.92 Å². The Bertz CT molecular complexity index is 928.